The summed E-state index contributed by atoms with van der Waals surface area (Å²) in [6.45, 7) is 4.90. The molecular formula is C34H36N2O2S. The van der Waals surface area contributed by atoms with Gasteiger partial charge in [-0.25, -0.2) is 8.42 Å². The van der Waals surface area contributed by atoms with Gasteiger partial charge in [-0.15, -0.1) is 0 Å². The zero-order valence-corrected chi connectivity index (χ0v) is 23.5. The van der Waals surface area contributed by atoms with Crippen LogP contribution in [0.15, 0.2) is 108 Å². The number of fused-ring (bicyclic) bond motifs is 1. The summed E-state index contributed by atoms with van der Waals surface area (Å²) < 4.78 is 27.9. The Morgan fingerprint density at radius 3 is 2.21 bits per heavy atom. The maximum Gasteiger partial charge on any atom is 0.185 e. The maximum absolute atomic E-state index is 14.0. The molecule has 1 atom stereocenters. The maximum atomic E-state index is 14.0. The van der Waals surface area contributed by atoms with Gasteiger partial charge >= 0.3 is 0 Å². The Kier molecular flexibility index (Phi) is 8.18. The third-order valence-corrected chi connectivity index (χ3v) is 9.69. The number of benzene rings is 4. The van der Waals surface area contributed by atoms with E-state index in [-0.39, 0.29) is 0 Å². The fourth-order valence-electron chi connectivity index (χ4n) is 5.31. The van der Waals surface area contributed by atoms with Gasteiger partial charge in [-0.1, -0.05) is 78.4 Å². The Hall–Kier alpha value is -3.83. The monoisotopic (exact) mass is 536 g/mol. The van der Waals surface area contributed by atoms with Gasteiger partial charge in [0.15, 0.2) is 9.84 Å². The molecule has 5 rings (SSSR count). The molecule has 200 valence electrons. The molecule has 1 heterocycles. The molecule has 0 bridgehead atoms. The molecular weight excluding hydrogens is 500 g/mol. The van der Waals surface area contributed by atoms with Crippen LogP contribution in [0.4, 0.5) is 5.69 Å². The normalized spacial score (nSPS) is 12.5. The van der Waals surface area contributed by atoms with Crippen molar-refractivity contribution in [2.75, 3.05) is 11.9 Å². The molecule has 0 spiro atoms. The first-order valence-electron chi connectivity index (χ1n) is 13.7. The van der Waals surface area contributed by atoms with E-state index in [1.807, 2.05) is 61.5 Å². The molecule has 0 aliphatic carbocycles. The molecule has 39 heavy (non-hydrogen) atoms. The predicted molar refractivity (Wildman–Crippen MR) is 162 cm³/mol. The molecule has 1 aromatic heterocycles. The van der Waals surface area contributed by atoms with Crippen molar-refractivity contribution in [3.8, 4) is 0 Å². The number of aromatic nitrogens is 1. The first-order chi connectivity index (χ1) is 18.9. The standard InChI is InChI=1S/C34H36N2O2S/c1-25-14-20-30(21-15-25)39(37,38)34(23-22-31-26(2)36-33-13-7-6-12-32(31)33)28-16-18-29(19-17-28)35-24-8-11-27-9-4-3-5-10-27/h3-7,9-10,12-21,34-36H,8,11,22-24H2,1-2H3. The summed E-state index contributed by atoms with van der Waals surface area (Å²) in [5.41, 5.74) is 7.58. The molecule has 0 aliphatic rings. The Balaban J connectivity index is 1.35. The van der Waals surface area contributed by atoms with Crippen molar-refractivity contribution >= 4 is 26.4 Å². The third-order valence-electron chi connectivity index (χ3n) is 7.50. The van der Waals surface area contributed by atoms with Crippen molar-refractivity contribution in [2.45, 2.75) is 49.7 Å². The Morgan fingerprint density at radius 2 is 1.46 bits per heavy atom. The van der Waals surface area contributed by atoms with Crippen LogP contribution >= 0.6 is 0 Å². The van der Waals surface area contributed by atoms with Gasteiger partial charge in [0.25, 0.3) is 0 Å². The fraction of sp³-hybridized carbons (Fsp3) is 0.235. The summed E-state index contributed by atoms with van der Waals surface area (Å²) in [5, 5.41) is 4.01. The third kappa shape index (κ3) is 6.26. The Bertz CT molecular complexity index is 1620. The number of anilines is 1. The van der Waals surface area contributed by atoms with E-state index in [1.54, 1.807) is 12.1 Å². The Morgan fingerprint density at radius 1 is 0.769 bits per heavy atom. The minimum atomic E-state index is -3.59. The van der Waals surface area contributed by atoms with Gasteiger partial charge in [-0.2, -0.15) is 0 Å². The lowest BCUT2D eigenvalue weighted by Crippen LogP contribution is -2.15. The summed E-state index contributed by atoms with van der Waals surface area (Å²) in [6, 6.07) is 33.9. The highest BCUT2D eigenvalue weighted by molar-refractivity contribution is 7.91. The van der Waals surface area contributed by atoms with Crippen molar-refractivity contribution in [3.05, 3.63) is 131 Å². The predicted octanol–water partition coefficient (Wildman–Crippen LogP) is 7.98. The molecule has 0 fully saturated rings. The summed E-state index contributed by atoms with van der Waals surface area (Å²) in [4.78, 5) is 3.82. The van der Waals surface area contributed by atoms with Crippen LogP contribution in [-0.2, 0) is 22.7 Å². The minimum Gasteiger partial charge on any atom is -0.385 e. The van der Waals surface area contributed by atoms with Gasteiger partial charge in [0.1, 0.15) is 0 Å². The van der Waals surface area contributed by atoms with E-state index in [2.05, 4.69) is 53.6 Å². The van der Waals surface area contributed by atoms with Crippen LogP contribution in [0.25, 0.3) is 10.9 Å². The van der Waals surface area contributed by atoms with E-state index in [0.717, 1.165) is 52.8 Å². The van der Waals surface area contributed by atoms with Gasteiger partial charge < -0.3 is 10.3 Å². The van der Waals surface area contributed by atoms with Crippen molar-refractivity contribution in [1.82, 2.24) is 4.98 Å². The molecule has 2 N–H and O–H groups in total. The largest absolute Gasteiger partial charge is 0.385 e. The molecule has 5 heteroatoms. The number of sulfone groups is 1. The van der Waals surface area contributed by atoms with Crippen LogP contribution in [0.5, 0.6) is 0 Å². The van der Waals surface area contributed by atoms with Crippen LogP contribution in [0.2, 0.25) is 0 Å². The number of nitrogens with one attached hydrogen (secondary N) is 2. The molecule has 0 saturated heterocycles. The summed E-state index contributed by atoms with van der Waals surface area (Å²) >= 11 is 0. The minimum absolute atomic E-state index is 0.372. The van der Waals surface area contributed by atoms with E-state index in [9.17, 15) is 8.42 Å². The number of rotatable bonds is 11. The lowest BCUT2D eigenvalue weighted by molar-refractivity contribution is 0.575. The number of H-pyrrole nitrogens is 1. The van der Waals surface area contributed by atoms with Gasteiger partial charge in [0.2, 0.25) is 0 Å². The highest BCUT2D eigenvalue weighted by atomic mass is 32.2. The molecule has 0 aliphatic heterocycles. The van der Waals surface area contributed by atoms with Gasteiger partial charge in [-0.3, -0.25) is 0 Å². The van der Waals surface area contributed by atoms with Crippen molar-refractivity contribution in [1.29, 1.82) is 0 Å². The summed E-state index contributed by atoms with van der Waals surface area (Å²) in [6.07, 6.45) is 3.23. The highest BCUT2D eigenvalue weighted by Gasteiger charge is 2.29. The zero-order chi connectivity index (χ0) is 27.2. The molecule has 4 aromatic carbocycles. The van der Waals surface area contributed by atoms with Crippen LogP contribution in [0.1, 0.15) is 46.0 Å². The van der Waals surface area contributed by atoms with E-state index in [1.165, 1.54) is 11.1 Å². The Labute approximate surface area is 232 Å². The summed E-state index contributed by atoms with van der Waals surface area (Å²) in [5.74, 6) is 0. The highest BCUT2D eigenvalue weighted by Crippen LogP contribution is 2.35. The first kappa shape index (κ1) is 26.8. The van der Waals surface area contributed by atoms with Crippen molar-refractivity contribution < 1.29 is 8.42 Å². The number of hydrogen-bond acceptors (Lipinski definition) is 3. The molecule has 0 saturated carbocycles. The number of hydrogen-bond donors (Lipinski definition) is 2. The zero-order valence-electron chi connectivity index (χ0n) is 22.7. The van der Waals surface area contributed by atoms with Crippen LogP contribution in [-0.4, -0.2) is 19.9 Å². The van der Waals surface area contributed by atoms with Crippen molar-refractivity contribution in [3.63, 3.8) is 0 Å². The number of aromatic amines is 1. The SMILES string of the molecule is Cc1ccc(S(=O)(=O)C(CCc2c(C)[nH]c3ccccc23)c2ccc(NCCCc3ccccc3)cc2)cc1. The molecule has 1 unspecified atom stereocenters. The quantitative estimate of drug-likeness (QED) is 0.168. The fourth-order valence-corrected chi connectivity index (χ4v) is 7.10. The average molecular weight is 537 g/mol. The number of aryl methyl sites for hydroxylation is 4. The van der Waals surface area contributed by atoms with Gasteiger partial charge in [0, 0.05) is 28.8 Å². The lowest BCUT2D eigenvalue weighted by Gasteiger charge is -2.19. The molecule has 0 radical (unpaired) electrons. The average Bonchev–Trinajstić information content (AvgIpc) is 3.27. The van der Waals surface area contributed by atoms with Crippen LogP contribution in [0.3, 0.4) is 0 Å². The van der Waals surface area contributed by atoms with Crippen molar-refractivity contribution in [2.24, 2.45) is 0 Å². The molecule has 5 aromatic rings. The second-order valence-corrected chi connectivity index (χ2v) is 12.4. The van der Waals surface area contributed by atoms with Crippen LogP contribution < -0.4 is 5.32 Å². The van der Waals surface area contributed by atoms with E-state index in [0.29, 0.717) is 17.7 Å². The second-order valence-electron chi connectivity index (χ2n) is 10.3. The topological polar surface area (TPSA) is 62.0 Å². The second kappa shape index (κ2) is 11.9. The van der Waals surface area contributed by atoms with E-state index in [4.69, 9.17) is 0 Å². The molecule has 0 amide bonds. The molecule has 4 nitrogen and oxygen atoms in total. The van der Waals surface area contributed by atoms with E-state index >= 15 is 0 Å². The smallest absolute Gasteiger partial charge is 0.185 e. The summed E-state index contributed by atoms with van der Waals surface area (Å²) in [7, 11) is -3.59. The van der Waals surface area contributed by atoms with Gasteiger partial charge in [-0.05, 0) is 86.6 Å². The van der Waals surface area contributed by atoms with Crippen LogP contribution in [0, 0.1) is 13.8 Å². The first-order valence-corrected chi connectivity index (χ1v) is 15.2. The lowest BCUT2D eigenvalue weighted by atomic mass is 10.0. The van der Waals surface area contributed by atoms with E-state index < -0.39 is 15.1 Å². The van der Waals surface area contributed by atoms with Gasteiger partial charge in [0.05, 0.1) is 10.1 Å². The number of para-hydroxylation sites is 1.